The normalized spacial score (nSPS) is 14.7. The number of amides is 2. The number of nitrogens with zero attached hydrogens (tertiary/aromatic N) is 1. The lowest BCUT2D eigenvalue weighted by molar-refractivity contribution is -0.896. The van der Waals surface area contributed by atoms with Crippen molar-refractivity contribution in [3.8, 4) is 0 Å². The SMILES string of the molecule is Cc1ccc(SCCNC(=O)C[NH+]2CCN(C(=O)c3ccccc3)CC2)cc1. The van der Waals surface area contributed by atoms with Gasteiger partial charge in [-0.15, -0.1) is 11.8 Å². The highest BCUT2D eigenvalue weighted by Gasteiger charge is 2.25. The molecule has 1 aliphatic heterocycles. The minimum absolute atomic E-state index is 0.0808. The molecule has 0 bridgehead atoms. The number of hydrogen-bond acceptors (Lipinski definition) is 3. The number of benzene rings is 2. The first-order chi connectivity index (χ1) is 13.6. The molecule has 0 aromatic heterocycles. The van der Waals surface area contributed by atoms with Crippen LogP contribution in [0.2, 0.25) is 0 Å². The molecule has 1 heterocycles. The Balaban J connectivity index is 1.32. The van der Waals surface area contributed by atoms with Crippen molar-refractivity contribution in [2.24, 2.45) is 0 Å². The Kier molecular flexibility index (Phi) is 7.51. The molecule has 5 nitrogen and oxygen atoms in total. The number of quaternary nitrogens is 1. The summed E-state index contributed by atoms with van der Waals surface area (Å²) in [6.45, 7) is 6.23. The second-order valence-electron chi connectivity index (χ2n) is 7.10. The molecule has 6 heteroatoms. The monoisotopic (exact) mass is 398 g/mol. The first kappa shape index (κ1) is 20.4. The lowest BCUT2D eigenvalue weighted by atomic mass is 10.2. The van der Waals surface area contributed by atoms with Gasteiger partial charge in [0.1, 0.15) is 0 Å². The molecule has 0 unspecified atom stereocenters. The van der Waals surface area contributed by atoms with Crippen molar-refractivity contribution in [1.82, 2.24) is 10.2 Å². The van der Waals surface area contributed by atoms with Gasteiger partial charge in [-0.25, -0.2) is 0 Å². The van der Waals surface area contributed by atoms with E-state index in [0.717, 1.165) is 24.4 Å². The molecule has 0 atom stereocenters. The Morgan fingerprint density at radius 1 is 1.04 bits per heavy atom. The van der Waals surface area contributed by atoms with Gasteiger partial charge in [0, 0.05) is 22.8 Å². The van der Waals surface area contributed by atoms with Crippen LogP contribution < -0.4 is 10.2 Å². The Morgan fingerprint density at radius 2 is 1.71 bits per heavy atom. The van der Waals surface area contributed by atoms with Gasteiger partial charge in [-0.2, -0.15) is 0 Å². The van der Waals surface area contributed by atoms with E-state index in [1.165, 1.54) is 15.4 Å². The van der Waals surface area contributed by atoms with Crippen molar-refractivity contribution in [1.29, 1.82) is 0 Å². The standard InChI is InChI=1S/C22H27N3O2S/c1-18-7-9-20(10-8-18)28-16-11-23-21(26)17-24-12-14-25(15-13-24)22(27)19-5-3-2-4-6-19/h2-10H,11-17H2,1H3,(H,23,26)/p+1. The van der Waals surface area contributed by atoms with Crippen LogP contribution in [-0.4, -0.2) is 61.7 Å². The molecule has 2 amide bonds. The molecule has 0 saturated carbocycles. The van der Waals surface area contributed by atoms with Crippen LogP contribution >= 0.6 is 11.8 Å². The zero-order valence-electron chi connectivity index (χ0n) is 16.3. The summed E-state index contributed by atoms with van der Waals surface area (Å²) < 4.78 is 0. The van der Waals surface area contributed by atoms with E-state index in [1.807, 2.05) is 35.2 Å². The van der Waals surface area contributed by atoms with E-state index in [0.29, 0.717) is 26.2 Å². The molecule has 0 spiro atoms. The minimum atomic E-state index is 0.0808. The Hall–Kier alpha value is -2.31. The summed E-state index contributed by atoms with van der Waals surface area (Å²) in [4.78, 5) is 29.0. The second-order valence-corrected chi connectivity index (χ2v) is 8.26. The van der Waals surface area contributed by atoms with Crippen LogP contribution in [0.4, 0.5) is 0 Å². The van der Waals surface area contributed by atoms with Gasteiger partial charge >= 0.3 is 0 Å². The van der Waals surface area contributed by atoms with Gasteiger partial charge in [0.25, 0.3) is 11.8 Å². The highest BCUT2D eigenvalue weighted by molar-refractivity contribution is 7.99. The van der Waals surface area contributed by atoms with Gasteiger partial charge in [0.15, 0.2) is 6.54 Å². The molecule has 2 aromatic carbocycles. The quantitative estimate of drug-likeness (QED) is 0.545. The van der Waals surface area contributed by atoms with Crippen LogP contribution in [-0.2, 0) is 4.79 Å². The molecule has 28 heavy (non-hydrogen) atoms. The van der Waals surface area contributed by atoms with Gasteiger partial charge in [-0.05, 0) is 31.2 Å². The average Bonchev–Trinajstić information content (AvgIpc) is 2.73. The van der Waals surface area contributed by atoms with E-state index in [2.05, 4.69) is 36.5 Å². The lowest BCUT2D eigenvalue weighted by Gasteiger charge is -2.32. The van der Waals surface area contributed by atoms with Gasteiger partial charge in [-0.3, -0.25) is 9.59 Å². The summed E-state index contributed by atoms with van der Waals surface area (Å²) in [7, 11) is 0. The number of rotatable bonds is 7. The number of nitrogens with one attached hydrogen (secondary N) is 2. The smallest absolute Gasteiger partial charge is 0.275 e. The van der Waals surface area contributed by atoms with Crippen molar-refractivity contribution in [2.45, 2.75) is 11.8 Å². The number of piperazine rings is 1. The molecule has 3 rings (SSSR count). The van der Waals surface area contributed by atoms with Crippen molar-refractivity contribution in [3.63, 3.8) is 0 Å². The predicted molar refractivity (Wildman–Crippen MR) is 113 cm³/mol. The second kappa shape index (κ2) is 10.3. The van der Waals surface area contributed by atoms with E-state index in [-0.39, 0.29) is 11.8 Å². The molecule has 148 valence electrons. The molecule has 1 fully saturated rings. The van der Waals surface area contributed by atoms with Crippen LogP contribution in [0, 0.1) is 6.92 Å². The number of thioether (sulfide) groups is 1. The topological polar surface area (TPSA) is 53.9 Å². The van der Waals surface area contributed by atoms with Gasteiger partial charge in [0.2, 0.25) is 0 Å². The maximum Gasteiger partial charge on any atom is 0.275 e. The summed E-state index contributed by atoms with van der Waals surface area (Å²) in [5, 5.41) is 3.01. The summed E-state index contributed by atoms with van der Waals surface area (Å²) >= 11 is 1.75. The van der Waals surface area contributed by atoms with E-state index < -0.39 is 0 Å². The third-order valence-corrected chi connectivity index (χ3v) is 5.92. The number of hydrogen-bond donors (Lipinski definition) is 2. The molecule has 2 aromatic rings. The lowest BCUT2D eigenvalue weighted by Crippen LogP contribution is -3.15. The minimum Gasteiger partial charge on any atom is -0.350 e. The first-order valence-corrected chi connectivity index (χ1v) is 10.7. The molecule has 2 N–H and O–H groups in total. The highest BCUT2D eigenvalue weighted by atomic mass is 32.2. The Labute approximate surface area is 171 Å². The highest BCUT2D eigenvalue weighted by Crippen LogP contribution is 2.17. The molecule has 0 radical (unpaired) electrons. The van der Waals surface area contributed by atoms with Crippen LogP contribution in [0.15, 0.2) is 59.5 Å². The fraction of sp³-hybridized carbons (Fsp3) is 0.364. The molecular formula is C22H28N3O2S+. The van der Waals surface area contributed by atoms with Crippen molar-refractivity contribution in [2.75, 3.05) is 45.0 Å². The van der Waals surface area contributed by atoms with Crippen molar-refractivity contribution in [3.05, 3.63) is 65.7 Å². The Bertz CT molecular complexity index is 772. The summed E-state index contributed by atoms with van der Waals surface area (Å²) in [5.74, 6) is 1.03. The summed E-state index contributed by atoms with van der Waals surface area (Å²) in [6.07, 6.45) is 0. The van der Waals surface area contributed by atoms with Gasteiger partial charge in [0.05, 0.1) is 26.2 Å². The Morgan fingerprint density at radius 3 is 2.39 bits per heavy atom. The first-order valence-electron chi connectivity index (χ1n) is 9.76. The van der Waals surface area contributed by atoms with E-state index in [9.17, 15) is 9.59 Å². The zero-order chi connectivity index (χ0) is 19.8. The number of carbonyl (C=O) groups excluding carboxylic acids is 2. The van der Waals surface area contributed by atoms with Crippen molar-refractivity contribution < 1.29 is 14.5 Å². The molecule has 1 saturated heterocycles. The average molecular weight is 399 g/mol. The largest absolute Gasteiger partial charge is 0.350 e. The van der Waals surface area contributed by atoms with Crippen molar-refractivity contribution >= 4 is 23.6 Å². The summed E-state index contributed by atoms with van der Waals surface area (Å²) in [5.41, 5.74) is 1.99. The van der Waals surface area contributed by atoms with Crippen LogP contribution in [0.3, 0.4) is 0 Å². The third-order valence-electron chi connectivity index (χ3n) is 4.90. The molecule has 1 aliphatic rings. The maximum atomic E-state index is 12.5. The van der Waals surface area contributed by atoms with E-state index in [1.54, 1.807) is 11.8 Å². The molecule has 0 aliphatic carbocycles. The summed E-state index contributed by atoms with van der Waals surface area (Å²) in [6, 6.07) is 17.8. The van der Waals surface area contributed by atoms with E-state index >= 15 is 0 Å². The number of carbonyl (C=O) groups is 2. The van der Waals surface area contributed by atoms with E-state index in [4.69, 9.17) is 0 Å². The van der Waals surface area contributed by atoms with Gasteiger partial charge < -0.3 is 15.1 Å². The fourth-order valence-corrected chi connectivity index (χ4v) is 4.02. The zero-order valence-corrected chi connectivity index (χ0v) is 17.1. The number of aryl methyl sites for hydroxylation is 1. The van der Waals surface area contributed by atoms with Crippen LogP contribution in [0.1, 0.15) is 15.9 Å². The van der Waals surface area contributed by atoms with Gasteiger partial charge in [-0.1, -0.05) is 35.9 Å². The molecular weight excluding hydrogens is 370 g/mol. The maximum absolute atomic E-state index is 12.5. The van der Waals surface area contributed by atoms with Crippen LogP contribution in [0.25, 0.3) is 0 Å². The third kappa shape index (κ3) is 6.11. The predicted octanol–water partition coefficient (Wildman–Crippen LogP) is 1.24. The van der Waals surface area contributed by atoms with Crippen LogP contribution in [0.5, 0.6) is 0 Å². The fourth-order valence-electron chi connectivity index (χ4n) is 3.25.